The molecule has 0 aliphatic heterocycles. The van der Waals surface area contributed by atoms with Crippen LogP contribution in [0, 0.1) is 5.41 Å². The van der Waals surface area contributed by atoms with E-state index in [0.29, 0.717) is 5.41 Å². The Morgan fingerprint density at radius 2 is 1.62 bits per heavy atom. The number of nitrogens with two attached hydrogens (primary N) is 2. The number of hydrogen-bond acceptors (Lipinski definition) is 1. The molecule has 0 aromatic rings. The first-order valence-electron chi connectivity index (χ1n) is 4.79. The van der Waals surface area contributed by atoms with Gasteiger partial charge < -0.3 is 11.5 Å². The molecule has 4 N–H and O–H groups in total. The van der Waals surface area contributed by atoms with Crippen molar-refractivity contribution < 1.29 is 0 Å². The van der Waals surface area contributed by atoms with Gasteiger partial charge in [0.2, 0.25) is 0 Å². The summed E-state index contributed by atoms with van der Waals surface area (Å²) in [5.41, 5.74) is 10.9. The van der Waals surface area contributed by atoms with E-state index < -0.39 is 0 Å². The van der Waals surface area contributed by atoms with Crippen LogP contribution in [0.2, 0.25) is 0 Å². The van der Waals surface area contributed by atoms with Crippen LogP contribution in [0.4, 0.5) is 0 Å². The van der Waals surface area contributed by atoms with Crippen LogP contribution >= 0.6 is 0 Å². The lowest BCUT2D eigenvalue weighted by Gasteiger charge is -2.31. The molecule has 13 heavy (non-hydrogen) atoms. The number of aliphatic imine (C=N–C) groups is 1. The molecule has 0 aliphatic carbocycles. The summed E-state index contributed by atoms with van der Waals surface area (Å²) >= 11 is 0. The molecule has 0 saturated heterocycles. The van der Waals surface area contributed by atoms with Crippen LogP contribution in [0.15, 0.2) is 4.99 Å². The Hall–Kier alpha value is -0.730. The third kappa shape index (κ3) is 5.50. The SMILES string of the molecule is CCC(C)(C)CC(C)(C)N=C(N)N. The van der Waals surface area contributed by atoms with E-state index in [1.54, 1.807) is 0 Å². The minimum absolute atomic E-state index is 0.154. The molecule has 3 nitrogen and oxygen atoms in total. The van der Waals surface area contributed by atoms with Crippen molar-refractivity contribution in [1.82, 2.24) is 0 Å². The van der Waals surface area contributed by atoms with Crippen LogP contribution in [-0.2, 0) is 0 Å². The summed E-state index contributed by atoms with van der Waals surface area (Å²) in [6, 6.07) is 0. The molecule has 0 fully saturated rings. The van der Waals surface area contributed by atoms with Gasteiger partial charge in [-0.1, -0.05) is 27.2 Å². The predicted molar refractivity (Wildman–Crippen MR) is 58.6 cm³/mol. The van der Waals surface area contributed by atoms with Crippen LogP contribution in [0.3, 0.4) is 0 Å². The third-order valence-electron chi connectivity index (χ3n) is 2.30. The zero-order valence-electron chi connectivity index (χ0n) is 9.52. The second-order valence-electron chi connectivity index (χ2n) is 5.04. The Balaban J connectivity index is 4.42. The van der Waals surface area contributed by atoms with Gasteiger partial charge in [0.25, 0.3) is 0 Å². The van der Waals surface area contributed by atoms with E-state index >= 15 is 0 Å². The van der Waals surface area contributed by atoms with Crippen LogP contribution in [0.1, 0.15) is 47.5 Å². The van der Waals surface area contributed by atoms with Gasteiger partial charge in [0.15, 0.2) is 5.96 Å². The summed E-state index contributed by atoms with van der Waals surface area (Å²) in [6.07, 6.45) is 2.13. The number of hydrogen-bond donors (Lipinski definition) is 2. The van der Waals surface area contributed by atoms with E-state index in [-0.39, 0.29) is 11.5 Å². The molecule has 0 unspecified atom stereocenters. The fourth-order valence-corrected chi connectivity index (χ4v) is 1.69. The summed E-state index contributed by atoms with van der Waals surface area (Å²) in [4.78, 5) is 4.21. The zero-order valence-corrected chi connectivity index (χ0v) is 9.52. The molecule has 0 spiro atoms. The van der Waals surface area contributed by atoms with E-state index in [1.807, 2.05) is 0 Å². The highest BCUT2D eigenvalue weighted by atomic mass is 15.0. The number of guanidine groups is 1. The Bertz CT molecular complexity index is 188. The van der Waals surface area contributed by atoms with Crippen molar-refractivity contribution in [2.75, 3.05) is 0 Å². The zero-order chi connectivity index (χ0) is 10.7. The van der Waals surface area contributed by atoms with Crippen molar-refractivity contribution in [2.24, 2.45) is 21.9 Å². The second-order valence-corrected chi connectivity index (χ2v) is 5.04. The average Bonchev–Trinajstić information content (AvgIpc) is 1.81. The van der Waals surface area contributed by atoms with Gasteiger partial charge in [-0.15, -0.1) is 0 Å². The van der Waals surface area contributed by atoms with Crippen molar-refractivity contribution in [3.63, 3.8) is 0 Å². The monoisotopic (exact) mass is 185 g/mol. The molecule has 0 heterocycles. The van der Waals surface area contributed by atoms with E-state index in [1.165, 1.54) is 0 Å². The molecule has 3 heteroatoms. The molecule has 0 aromatic carbocycles. The van der Waals surface area contributed by atoms with Gasteiger partial charge >= 0.3 is 0 Å². The largest absolute Gasteiger partial charge is 0.370 e. The summed E-state index contributed by atoms with van der Waals surface area (Å²) in [7, 11) is 0. The fraction of sp³-hybridized carbons (Fsp3) is 0.900. The maximum atomic E-state index is 5.37. The lowest BCUT2D eigenvalue weighted by molar-refractivity contribution is 0.252. The molecular formula is C10H23N3. The summed E-state index contributed by atoms with van der Waals surface area (Å²) < 4.78 is 0. The molecule has 0 atom stereocenters. The first-order valence-corrected chi connectivity index (χ1v) is 4.79. The third-order valence-corrected chi connectivity index (χ3v) is 2.30. The number of rotatable bonds is 4. The van der Waals surface area contributed by atoms with Crippen molar-refractivity contribution >= 4 is 5.96 Å². The van der Waals surface area contributed by atoms with Gasteiger partial charge in [-0.05, 0) is 25.7 Å². The molecule has 0 rings (SSSR count). The minimum atomic E-state index is -0.154. The van der Waals surface area contributed by atoms with Crippen LogP contribution in [0.5, 0.6) is 0 Å². The van der Waals surface area contributed by atoms with Crippen molar-refractivity contribution in [2.45, 2.75) is 53.0 Å². The molecule has 0 radical (unpaired) electrons. The number of nitrogens with zero attached hydrogens (tertiary/aromatic N) is 1. The van der Waals surface area contributed by atoms with E-state index in [0.717, 1.165) is 12.8 Å². The highest BCUT2D eigenvalue weighted by Gasteiger charge is 2.26. The Morgan fingerprint density at radius 1 is 1.15 bits per heavy atom. The van der Waals surface area contributed by atoms with Crippen molar-refractivity contribution in [3.05, 3.63) is 0 Å². The highest BCUT2D eigenvalue weighted by molar-refractivity contribution is 5.76. The van der Waals surface area contributed by atoms with E-state index in [4.69, 9.17) is 11.5 Å². The predicted octanol–water partition coefficient (Wildman–Crippen LogP) is 1.86. The van der Waals surface area contributed by atoms with Crippen LogP contribution in [-0.4, -0.2) is 11.5 Å². The molecule has 0 amide bonds. The quantitative estimate of drug-likeness (QED) is 0.518. The standard InChI is InChI=1S/C10H23N3/c1-6-9(2,3)7-10(4,5)13-8(11)12/h6-7H2,1-5H3,(H4,11,12,13). The fourth-order valence-electron chi connectivity index (χ4n) is 1.69. The highest BCUT2D eigenvalue weighted by Crippen LogP contribution is 2.32. The van der Waals surface area contributed by atoms with Crippen molar-refractivity contribution in [1.29, 1.82) is 0 Å². The molecule has 0 aromatic heterocycles. The first kappa shape index (κ1) is 12.3. The topological polar surface area (TPSA) is 64.4 Å². The lowest BCUT2D eigenvalue weighted by Crippen LogP contribution is -2.32. The van der Waals surface area contributed by atoms with Gasteiger partial charge in [-0.2, -0.15) is 0 Å². The second kappa shape index (κ2) is 3.99. The van der Waals surface area contributed by atoms with Gasteiger partial charge in [0.1, 0.15) is 0 Å². The van der Waals surface area contributed by atoms with E-state index in [9.17, 15) is 0 Å². The lowest BCUT2D eigenvalue weighted by atomic mass is 9.78. The Kier molecular flexibility index (Phi) is 3.76. The normalized spacial score (nSPS) is 12.7. The molecular weight excluding hydrogens is 162 g/mol. The van der Waals surface area contributed by atoms with Crippen LogP contribution < -0.4 is 11.5 Å². The van der Waals surface area contributed by atoms with E-state index in [2.05, 4.69) is 39.6 Å². The van der Waals surface area contributed by atoms with Gasteiger partial charge in [0, 0.05) is 0 Å². The van der Waals surface area contributed by atoms with Gasteiger partial charge in [-0.3, -0.25) is 0 Å². The molecule has 0 bridgehead atoms. The smallest absolute Gasteiger partial charge is 0.186 e. The van der Waals surface area contributed by atoms with Gasteiger partial charge in [0.05, 0.1) is 5.54 Å². The first-order chi connectivity index (χ1) is 5.68. The summed E-state index contributed by atoms with van der Waals surface area (Å²) in [5, 5.41) is 0. The summed E-state index contributed by atoms with van der Waals surface area (Å²) in [6.45, 7) is 10.8. The average molecular weight is 185 g/mol. The maximum Gasteiger partial charge on any atom is 0.186 e. The molecule has 0 aliphatic rings. The Morgan fingerprint density at radius 3 is 1.92 bits per heavy atom. The molecule has 0 saturated carbocycles. The van der Waals surface area contributed by atoms with Gasteiger partial charge in [-0.25, -0.2) is 4.99 Å². The maximum absolute atomic E-state index is 5.37. The minimum Gasteiger partial charge on any atom is -0.370 e. The van der Waals surface area contributed by atoms with Crippen molar-refractivity contribution in [3.8, 4) is 0 Å². The molecule has 78 valence electrons. The van der Waals surface area contributed by atoms with Crippen LogP contribution in [0.25, 0.3) is 0 Å². The summed E-state index contributed by atoms with van der Waals surface area (Å²) in [5.74, 6) is 0.178. The Labute approximate surface area is 81.6 Å².